The molecule has 0 aromatic heterocycles. The van der Waals surface area contributed by atoms with Crippen molar-refractivity contribution in [1.29, 1.82) is 0 Å². The predicted octanol–water partition coefficient (Wildman–Crippen LogP) is 2.18. The van der Waals surface area contributed by atoms with Crippen LogP contribution in [0.25, 0.3) is 0 Å². The molecule has 0 amide bonds. The molecule has 0 rings (SSSR count). The van der Waals surface area contributed by atoms with Crippen LogP contribution >= 0.6 is 67.8 Å². The summed E-state index contributed by atoms with van der Waals surface area (Å²) in [4.78, 5) is 0. The van der Waals surface area contributed by atoms with Crippen LogP contribution in [0.15, 0.2) is 0 Å². The summed E-state index contributed by atoms with van der Waals surface area (Å²) in [7, 11) is 0. The van der Waals surface area contributed by atoms with Gasteiger partial charge in [0.2, 0.25) is 0 Å². The van der Waals surface area contributed by atoms with Gasteiger partial charge in [-0.05, 0) is 6.42 Å². The Morgan fingerprint density at radius 2 is 1.69 bits per heavy atom. The van der Waals surface area contributed by atoms with E-state index in [4.69, 9.17) is 15.3 Å². The topological polar surface area (TPSA) is 60.7 Å². The second kappa shape index (κ2) is 5.97. The molecule has 0 aliphatic heterocycles. The average Bonchev–Trinajstić information content (AvgIpc) is 1.97. The molecular formula is C7H13I3O3. The summed E-state index contributed by atoms with van der Waals surface area (Å²) in [5.41, 5.74) is 0. The van der Waals surface area contributed by atoms with Crippen LogP contribution in [0.5, 0.6) is 0 Å². The van der Waals surface area contributed by atoms with E-state index in [-0.39, 0.29) is 3.92 Å². The van der Waals surface area contributed by atoms with Crippen molar-refractivity contribution in [3.63, 3.8) is 0 Å². The molecule has 1 atom stereocenters. The van der Waals surface area contributed by atoms with E-state index in [2.05, 4.69) is 29.5 Å². The summed E-state index contributed by atoms with van der Waals surface area (Å²) in [5.74, 6) is -2.62. The van der Waals surface area contributed by atoms with Crippen molar-refractivity contribution in [1.82, 2.24) is 0 Å². The summed E-state index contributed by atoms with van der Waals surface area (Å²) in [6.07, 6.45) is 2.96. The lowest BCUT2D eigenvalue weighted by Crippen LogP contribution is -2.50. The number of rotatable bonds is 5. The molecule has 0 aliphatic rings. The Labute approximate surface area is 119 Å². The lowest BCUT2D eigenvalue weighted by atomic mass is 10.1. The van der Waals surface area contributed by atoms with Gasteiger partial charge in [-0.15, -0.1) is 0 Å². The third-order valence-electron chi connectivity index (χ3n) is 1.65. The fourth-order valence-electron chi connectivity index (χ4n) is 0.775. The van der Waals surface area contributed by atoms with E-state index in [1.807, 2.05) is 45.2 Å². The average molecular weight is 526 g/mol. The molecule has 0 aliphatic carbocycles. The molecule has 6 heteroatoms. The molecule has 3 N–H and O–H groups in total. The van der Waals surface area contributed by atoms with Crippen LogP contribution in [0.1, 0.15) is 26.2 Å². The summed E-state index contributed by atoms with van der Waals surface area (Å²) in [5, 5.41) is 27.3. The molecule has 0 aromatic carbocycles. The summed E-state index contributed by atoms with van der Waals surface area (Å²) in [6, 6.07) is 0. The van der Waals surface area contributed by atoms with Crippen molar-refractivity contribution in [3.05, 3.63) is 0 Å². The first-order valence-electron chi connectivity index (χ1n) is 3.92. The van der Waals surface area contributed by atoms with Gasteiger partial charge < -0.3 is 15.3 Å². The molecule has 0 spiro atoms. The Morgan fingerprint density at radius 1 is 1.23 bits per heavy atom. The minimum Gasteiger partial charge on any atom is -0.342 e. The molecule has 0 saturated carbocycles. The maximum Gasteiger partial charge on any atom is 0.301 e. The highest BCUT2D eigenvalue weighted by atomic mass is 127. The molecule has 0 heterocycles. The molecule has 0 bridgehead atoms. The predicted molar refractivity (Wildman–Crippen MR) is 77.5 cm³/mol. The lowest BCUT2D eigenvalue weighted by Gasteiger charge is -2.33. The van der Waals surface area contributed by atoms with Crippen LogP contribution in [0, 0.1) is 0 Å². The molecule has 0 aromatic rings. The molecular weight excluding hydrogens is 513 g/mol. The first-order valence-corrected chi connectivity index (χ1v) is 7.32. The van der Waals surface area contributed by atoms with Crippen LogP contribution < -0.4 is 0 Å². The summed E-state index contributed by atoms with van der Waals surface area (Å²) >= 11 is 5.89. The fourth-order valence-corrected chi connectivity index (χ4v) is 2.26. The fraction of sp³-hybridized carbons (Fsp3) is 1.00. The van der Waals surface area contributed by atoms with Gasteiger partial charge in [0.05, 0.1) is 0 Å². The zero-order valence-corrected chi connectivity index (χ0v) is 13.6. The van der Waals surface area contributed by atoms with Crippen molar-refractivity contribution in [2.45, 2.75) is 37.5 Å². The first kappa shape index (κ1) is 15.1. The van der Waals surface area contributed by atoms with E-state index in [0.29, 0.717) is 0 Å². The number of hydrogen-bond donors (Lipinski definition) is 3. The van der Waals surface area contributed by atoms with Crippen LogP contribution in [-0.2, 0) is 0 Å². The second-order valence-corrected chi connectivity index (χ2v) is 9.84. The lowest BCUT2D eigenvalue weighted by molar-refractivity contribution is -0.309. The highest BCUT2D eigenvalue weighted by Crippen LogP contribution is 2.44. The standard InChI is InChI=1S/C7H13I3O3/c1-2-3-4-5(8)6(9,10)7(11,12)13/h5,11-13H,2-4H2,1H3. The van der Waals surface area contributed by atoms with E-state index in [9.17, 15) is 0 Å². The first-order chi connectivity index (χ1) is 5.73. The maximum absolute atomic E-state index is 9.11. The minimum absolute atomic E-state index is 0.0197. The molecule has 3 nitrogen and oxygen atoms in total. The van der Waals surface area contributed by atoms with Gasteiger partial charge in [0, 0.05) is 3.92 Å². The normalized spacial score (nSPS) is 15.9. The number of alkyl halides is 3. The van der Waals surface area contributed by atoms with Crippen molar-refractivity contribution in [2.24, 2.45) is 0 Å². The Hall–Kier alpha value is 2.07. The van der Waals surface area contributed by atoms with Gasteiger partial charge in [-0.25, -0.2) is 0 Å². The van der Waals surface area contributed by atoms with Crippen molar-refractivity contribution in [2.75, 3.05) is 0 Å². The monoisotopic (exact) mass is 526 g/mol. The Bertz CT molecular complexity index is 156. The Morgan fingerprint density at radius 3 is 2.00 bits per heavy atom. The molecule has 0 radical (unpaired) electrons. The largest absolute Gasteiger partial charge is 0.342 e. The maximum atomic E-state index is 9.11. The minimum atomic E-state index is -2.62. The van der Waals surface area contributed by atoms with Gasteiger partial charge in [0.25, 0.3) is 0 Å². The third-order valence-corrected chi connectivity index (χ3v) is 8.54. The quantitative estimate of drug-likeness (QED) is 0.293. The van der Waals surface area contributed by atoms with Crippen molar-refractivity contribution in [3.8, 4) is 0 Å². The van der Waals surface area contributed by atoms with Crippen LogP contribution in [0.4, 0.5) is 0 Å². The van der Waals surface area contributed by atoms with E-state index in [0.717, 1.165) is 19.3 Å². The van der Waals surface area contributed by atoms with Crippen LogP contribution in [-0.4, -0.2) is 26.6 Å². The molecule has 0 fully saturated rings. The number of unbranched alkanes of at least 4 members (excludes halogenated alkanes) is 1. The van der Waals surface area contributed by atoms with E-state index >= 15 is 0 Å². The highest BCUT2D eigenvalue weighted by molar-refractivity contribution is 14.2. The Kier molecular flexibility index (Phi) is 6.92. The second-order valence-electron chi connectivity index (χ2n) is 2.87. The van der Waals surface area contributed by atoms with Crippen LogP contribution in [0.3, 0.4) is 0 Å². The molecule has 13 heavy (non-hydrogen) atoms. The van der Waals surface area contributed by atoms with Gasteiger partial charge in [-0.2, -0.15) is 0 Å². The SMILES string of the molecule is CCCCC(I)C(I)(I)C(O)(O)O. The molecule has 0 saturated heterocycles. The number of hydrogen-bond acceptors (Lipinski definition) is 3. The number of aliphatic hydroxyl groups is 3. The van der Waals surface area contributed by atoms with Gasteiger partial charge in [0.15, 0.2) is 1.43 Å². The van der Waals surface area contributed by atoms with E-state index < -0.39 is 7.40 Å². The van der Waals surface area contributed by atoms with E-state index in [1.54, 1.807) is 0 Å². The molecule has 1 unspecified atom stereocenters. The molecule has 80 valence electrons. The zero-order chi connectivity index (χ0) is 10.7. The van der Waals surface area contributed by atoms with Crippen LogP contribution in [0.2, 0.25) is 0 Å². The number of halogens is 3. The zero-order valence-electron chi connectivity index (χ0n) is 7.17. The summed E-state index contributed by atoms with van der Waals surface area (Å²) in [6.45, 7) is 2.08. The smallest absolute Gasteiger partial charge is 0.301 e. The van der Waals surface area contributed by atoms with Crippen molar-refractivity contribution < 1.29 is 15.3 Å². The Balaban J connectivity index is 4.27. The van der Waals surface area contributed by atoms with Crippen molar-refractivity contribution >= 4 is 67.8 Å². The highest BCUT2D eigenvalue weighted by Gasteiger charge is 2.49. The third kappa shape index (κ3) is 4.62. The summed E-state index contributed by atoms with van der Waals surface area (Å²) < 4.78 is -0.940. The van der Waals surface area contributed by atoms with E-state index in [1.165, 1.54) is 0 Å². The van der Waals surface area contributed by atoms with Gasteiger partial charge in [-0.1, -0.05) is 87.5 Å². The van der Waals surface area contributed by atoms with Gasteiger partial charge in [-0.3, -0.25) is 0 Å². The van der Waals surface area contributed by atoms with Gasteiger partial charge in [0.1, 0.15) is 0 Å². The van der Waals surface area contributed by atoms with Gasteiger partial charge >= 0.3 is 5.97 Å².